The molecule has 0 bridgehead atoms. The number of halogens is 4. The maximum atomic E-state index is 12.5. The van der Waals surface area contributed by atoms with E-state index in [0.717, 1.165) is 4.47 Å². The molecule has 1 aromatic heterocycles. The van der Waals surface area contributed by atoms with Gasteiger partial charge in [-0.15, -0.1) is 0 Å². The monoisotopic (exact) mass is 325 g/mol. The minimum Gasteiger partial charge on any atom is -0.466 e. The normalized spacial score (nSPS) is 27.2. The molecule has 1 aromatic rings. The summed E-state index contributed by atoms with van der Waals surface area (Å²) in [5, 5.41) is 0. The van der Waals surface area contributed by atoms with Gasteiger partial charge in [0, 0.05) is 0 Å². The number of furan rings is 1. The van der Waals surface area contributed by atoms with Crippen LogP contribution in [0.4, 0.5) is 13.2 Å². The highest BCUT2D eigenvalue weighted by atomic mass is 79.9. The van der Waals surface area contributed by atoms with Gasteiger partial charge in [0.05, 0.1) is 22.7 Å². The summed E-state index contributed by atoms with van der Waals surface area (Å²) in [6.45, 7) is 0. The van der Waals surface area contributed by atoms with Gasteiger partial charge >= 0.3 is 6.18 Å². The standard InChI is InChI=1S/C12H15BrF3NO/c13-9-5-6-18-11(9)10(17)7-1-3-8(4-2-7)12(14,15)16/h5-8,10H,1-4,17H2. The minimum atomic E-state index is -4.07. The highest BCUT2D eigenvalue weighted by Gasteiger charge is 2.42. The molecule has 0 saturated heterocycles. The van der Waals surface area contributed by atoms with Crippen molar-refractivity contribution in [3.8, 4) is 0 Å². The summed E-state index contributed by atoms with van der Waals surface area (Å²) in [4.78, 5) is 0. The lowest BCUT2D eigenvalue weighted by molar-refractivity contribution is -0.184. The predicted molar refractivity (Wildman–Crippen MR) is 64.8 cm³/mol. The number of alkyl halides is 3. The van der Waals surface area contributed by atoms with Gasteiger partial charge in [0.15, 0.2) is 0 Å². The van der Waals surface area contributed by atoms with Crippen LogP contribution in [0.1, 0.15) is 37.5 Å². The number of hydrogen-bond donors (Lipinski definition) is 1. The maximum Gasteiger partial charge on any atom is 0.391 e. The van der Waals surface area contributed by atoms with E-state index in [1.807, 2.05) is 0 Å². The van der Waals surface area contributed by atoms with Gasteiger partial charge in [-0.1, -0.05) is 0 Å². The Morgan fingerprint density at radius 1 is 1.28 bits per heavy atom. The van der Waals surface area contributed by atoms with E-state index in [-0.39, 0.29) is 24.8 Å². The summed E-state index contributed by atoms with van der Waals surface area (Å²) in [5.74, 6) is -0.475. The Hall–Kier alpha value is -0.490. The zero-order valence-electron chi connectivity index (χ0n) is 9.71. The number of rotatable bonds is 2. The Balaban J connectivity index is 1.96. The Morgan fingerprint density at radius 2 is 1.89 bits per heavy atom. The van der Waals surface area contributed by atoms with Gasteiger partial charge < -0.3 is 10.2 Å². The molecule has 0 spiro atoms. The highest BCUT2D eigenvalue weighted by Crippen LogP contribution is 2.43. The maximum absolute atomic E-state index is 12.5. The van der Waals surface area contributed by atoms with E-state index in [1.165, 1.54) is 6.26 Å². The van der Waals surface area contributed by atoms with Crippen molar-refractivity contribution < 1.29 is 17.6 Å². The molecule has 1 aliphatic carbocycles. The molecule has 1 heterocycles. The van der Waals surface area contributed by atoms with Gasteiger partial charge in [0.25, 0.3) is 0 Å². The third-order valence-electron chi connectivity index (χ3n) is 3.69. The lowest BCUT2D eigenvalue weighted by Crippen LogP contribution is -2.31. The molecule has 1 fully saturated rings. The minimum absolute atomic E-state index is 0.0612. The van der Waals surface area contributed by atoms with Crippen LogP contribution in [0.5, 0.6) is 0 Å². The Morgan fingerprint density at radius 3 is 2.33 bits per heavy atom. The first kappa shape index (κ1) is 13.9. The van der Waals surface area contributed by atoms with Crippen LogP contribution in [0, 0.1) is 11.8 Å². The average Bonchev–Trinajstić information content (AvgIpc) is 2.73. The van der Waals surface area contributed by atoms with Gasteiger partial charge in [-0.05, 0) is 53.6 Å². The van der Waals surface area contributed by atoms with Crippen LogP contribution in [0.15, 0.2) is 21.2 Å². The van der Waals surface area contributed by atoms with Crippen LogP contribution in [0.25, 0.3) is 0 Å². The molecule has 0 aromatic carbocycles. The summed E-state index contributed by atoms with van der Waals surface area (Å²) in [7, 11) is 0. The molecule has 1 saturated carbocycles. The third kappa shape index (κ3) is 2.91. The molecule has 0 radical (unpaired) electrons. The van der Waals surface area contributed by atoms with Crippen LogP contribution in [-0.2, 0) is 0 Å². The van der Waals surface area contributed by atoms with Crippen LogP contribution >= 0.6 is 15.9 Å². The molecule has 102 valence electrons. The molecule has 0 amide bonds. The van der Waals surface area contributed by atoms with Crippen molar-refractivity contribution in [2.24, 2.45) is 17.6 Å². The summed E-state index contributed by atoms with van der Waals surface area (Å²) < 4.78 is 43.7. The fraction of sp³-hybridized carbons (Fsp3) is 0.667. The molecule has 18 heavy (non-hydrogen) atoms. The van der Waals surface area contributed by atoms with E-state index in [0.29, 0.717) is 18.6 Å². The van der Waals surface area contributed by atoms with E-state index in [9.17, 15) is 13.2 Å². The first-order chi connectivity index (χ1) is 8.39. The molecule has 2 rings (SSSR count). The molecule has 1 unspecified atom stereocenters. The Kier molecular flexibility index (Phi) is 4.06. The van der Waals surface area contributed by atoms with Crippen molar-refractivity contribution >= 4 is 15.9 Å². The predicted octanol–water partition coefficient (Wildman–Crippen LogP) is 4.41. The SMILES string of the molecule is NC(c1occc1Br)C1CCC(C(F)(F)F)CC1. The second-order valence-electron chi connectivity index (χ2n) is 4.81. The second kappa shape index (κ2) is 5.25. The van der Waals surface area contributed by atoms with Crippen molar-refractivity contribution in [2.45, 2.75) is 37.9 Å². The lowest BCUT2D eigenvalue weighted by Gasteiger charge is -2.32. The van der Waals surface area contributed by atoms with Gasteiger partial charge in [0.2, 0.25) is 0 Å². The largest absolute Gasteiger partial charge is 0.466 e. The summed E-state index contributed by atoms with van der Waals surface area (Å²) >= 11 is 3.32. The smallest absolute Gasteiger partial charge is 0.391 e. The fourth-order valence-corrected chi connectivity index (χ4v) is 3.03. The Bertz CT molecular complexity index is 396. The molecule has 1 aliphatic rings. The van der Waals surface area contributed by atoms with Crippen molar-refractivity contribution in [3.05, 3.63) is 22.6 Å². The van der Waals surface area contributed by atoms with Crippen LogP contribution in [0.3, 0.4) is 0 Å². The van der Waals surface area contributed by atoms with Gasteiger partial charge in [0.1, 0.15) is 5.76 Å². The van der Waals surface area contributed by atoms with Gasteiger partial charge in [-0.2, -0.15) is 13.2 Å². The molecule has 0 aliphatic heterocycles. The van der Waals surface area contributed by atoms with E-state index in [2.05, 4.69) is 15.9 Å². The molecule has 6 heteroatoms. The summed E-state index contributed by atoms with van der Waals surface area (Å²) in [6, 6.07) is 1.42. The van der Waals surface area contributed by atoms with Crippen molar-refractivity contribution in [3.63, 3.8) is 0 Å². The van der Waals surface area contributed by atoms with Crippen molar-refractivity contribution in [2.75, 3.05) is 0 Å². The van der Waals surface area contributed by atoms with Crippen molar-refractivity contribution in [1.82, 2.24) is 0 Å². The van der Waals surface area contributed by atoms with Crippen LogP contribution < -0.4 is 5.73 Å². The molecule has 2 nitrogen and oxygen atoms in total. The first-order valence-corrected chi connectivity index (χ1v) is 6.74. The molecular weight excluding hydrogens is 311 g/mol. The second-order valence-corrected chi connectivity index (χ2v) is 5.67. The van der Waals surface area contributed by atoms with Crippen LogP contribution in [-0.4, -0.2) is 6.18 Å². The van der Waals surface area contributed by atoms with E-state index in [1.54, 1.807) is 6.07 Å². The number of nitrogens with two attached hydrogens (primary N) is 1. The molecule has 2 N–H and O–H groups in total. The summed E-state index contributed by atoms with van der Waals surface area (Å²) in [5.41, 5.74) is 6.06. The highest BCUT2D eigenvalue weighted by molar-refractivity contribution is 9.10. The average molecular weight is 326 g/mol. The zero-order valence-corrected chi connectivity index (χ0v) is 11.3. The van der Waals surface area contributed by atoms with Gasteiger partial charge in [-0.3, -0.25) is 0 Å². The van der Waals surface area contributed by atoms with E-state index < -0.39 is 12.1 Å². The summed E-state index contributed by atoms with van der Waals surface area (Å²) in [6.07, 6.45) is -1.21. The Labute approximate surface area is 112 Å². The molecular formula is C12H15BrF3NO. The first-order valence-electron chi connectivity index (χ1n) is 5.94. The topological polar surface area (TPSA) is 39.2 Å². The van der Waals surface area contributed by atoms with Gasteiger partial charge in [-0.25, -0.2) is 0 Å². The molecule has 1 atom stereocenters. The quantitative estimate of drug-likeness (QED) is 0.874. The van der Waals surface area contributed by atoms with E-state index >= 15 is 0 Å². The number of hydrogen-bond acceptors (Lipinski definition) is 2. The van der Waals surface area contributed by atoms with E-state index in [4.69, 9.17) is 10.2 Å². The third-order valence-corrected chi connectivity index (χ3v) is 4.35. The zero-order chi connectivity index (χ0) is 13.3. The van der Waals surface area contributed by atoms with Crippen molar-refractivity contribution in [1.29, 1.82) is 0 Å². The van der Waals surface area contributed by atoms with Crippen LogP contribution in [0.2, 0.25) is 0 Å². The fourth-order valence-electron chi connectivity index (χ4n) is 2.56. The lowest BCUT2D eigenvalue weighted by atomic mass is 9.78.